The topological polar surface area (TPSA) is 71.2 Å². The molecule has 0 spiro atoms. The molecule has 0 aliphatic rings. The molecule has 1 aromatic carbocycles. The van der Waals surface area contributed by atoms with Gasteiger partial charge in [-0.1, -0.05) is 20.8 Å². The molecule has 0 radical (unpaired) electrons. The number of rotatable bonds is 3. The lowest BCUT2D eigenvalue weighted by atomic mass is 9.84. The molecule has 2 aromatic rings. The third kappa shape index (κ3) is 4.24. The summed E-state index contributed by atoms with van der Waals surface area (Å²) in [7, 11) is 1.40. The summed E-state index contributed by atoms with van der Waals surface area (Å²) in [6.45, 7) is 6.57. The standard InChI is InChI=1S/C18H23F3N4O/c1-10-6-14(16(26)24-22)23-15-12(10)7-11(8-13(15)17(2,3)4)25(5)9-18(19,20)21/h6-8H,9,22H2,1-5H3,(H,24,26). The summed E-state index contributed by atoms with van der Waals surface area (Å²) in [6, 6.07) is 4.94. The molecule has 1 heterocycles. The van der Waals surface area contributed by atoms with E-state index in [0.29, 0.717) is 16.6 Å². The Morgan fingerprint density at radius 2 is 1.85 bits per heavy atom. The van der Waals surface area contributed by atoms with Gasteiger partial charge in [0.05, 0.1) is 5.52 Å². The minimum atomic E-state index is -4.30. The van der Waals surface area contributed by atoms with Gasteiger partial charge < -0.3 is 4.90 Å². The number of nitrogen functional groups attached to an aromatic ring is 1. The molecule has 0 aliphatic heterocycles. The first kappa shape index (κ1) is 20.0. The number of nitrogens with zero attached hydrogens (tertiary/aromatic N) is 2. The first-order valence-corrected chi connectivity index (χ1v) is 8.08. The number of carbonyl (C=O) groups excluding carboxylic acids is 1. The van der Waals surface area contributed by atoms with Gasteiger partial charge in [-0.15, -0.1) is 0 Å². The Kier molecular flexibility index (Phi) is 5.19. The lowest BCUT2D eigenvalue weighted by Gasteiger charge is -2.27. The summed E-state index contributed by atoms with van der Waals surface area (Å²) in [6.07, 6.45) is -4.30. The summed E-state index contributed by atoms with van der Waals surface area (Å²) in [5.74, 6) is 4.67. The lowest BCUT2D eigenvalue weighted by Crippen LogP contribution is -2.31. The number of hydrazine groups is 1. The normalized spacial score (nSPS) is 12.3. The van der Waals surface area contributed by atoms with Crippen LogP contribution in [0.15, 0.2) is 18.2 Å². The number of nitrogens with two attached hydrogens (primary N) is 1. The number of amides is 1. The minimum absolute atomic E-state index is 0.166. The van der Waals surface area contributed by atoms with E-state index < -0.39 is 18.6 Å². The van der Waals surface area contributed by atoms with E-state index in [0.717, 1.165) is 16.0 Å². The van der Waals surface area contributed by atoms with Crippen molar-refractivity contribution in [3.05, 3.63) is 35.0 Å². The molecule has 0 unspecified atom stereocenters. The zero-order valence-corrected chi connectivity index (χ0v) is 15.5. The second kappa shape index (κ2) is 6.75. The summed E-state index contributed by atoms with van der Waals surface area (Å²) < 4.78 is 38.4. The van der Waals surface area contributed by atoms with E-state index in [1.807, 2.05) is 20.8 Å². The van der Waals surface area contributed by atoms with Gasteiger partial charge in [0.2, 0.25) is 0 Å². The van der Waals surface area contributed by atoms with E-state index in [4.69, 9.17) is 5.84 Å². The highest BCUT2D eigenvalue weighted by atomic mass is 19.4. The van der Waals surface area contributed by atoms with E-state index in [2.05, 4.69) is 10.4 Å². The van der Waals surface area contributed by atoms with Crippen LogP contribution in [0.1, 0.15) is 42.4 Å². The molecule has 0 saturated heterocycles. The predicted octanol–water partition coefficient (Wildman–Crippen LogP) is 3.44. The highest BCUT2D eigenvalue weighted by Gasteiger charge is 2.30. The fourth-order valence-electron chi connectivity index (χ4n) is 2.82. The molecule has 26 heavy (non-hydrogen) atoms. The molecule has 2 rings (SSSR count). The second-order valence-corrected chi connectivity index (χ2v) is 7.41. The average molecular weight is 368 g/mol. The van der Waals surface area contributed by atoms with Crippen LogP contribution in [0.5, 0.6) is 0 Å². The fourth-order valence-corrected chi connectivity index (χ4v) is 2.82. The van der Waals surface area contributed by atoms with Crippen LogP contribution in [0, 0.1) is 6.92 Å². The SMILES string of the molecule is Cc1cc(C(=O)NN)nc2c(C(C)(C)C)cc(N(C)CC(F)(F)F)cc12. The molecule has 0 aliphatic carbocycles. The third-order valence-electron chi connectivity index (χ3n) is 4.13. The maximum Gasteiger partial charge on any atom is 0.405 e. The summed E-state index contributed by atoms with van der Waals surface area (Å²) in [5, 5.41) is 0.704. The average Bonchev–Trinajstić information content (AvgIpc) is 2.50. The maximum atomic E-state index is 12.8. The molecule has 5 nitrogen and oxygen atoms in total. The van der Waals surface area contributed by atoms with E-state index in [1.54, 1.807) is 25.1 Å². The van der Waals surface area contributed by atoms with Crippen LogP contribution in [0.25, 0.3) is 10.9 Å². The number of nitrogens with one attached hydrogen (secondary N) is 1. The molecule has 3 N–H and O–H groups in total. The van der Waals surface area contributed by atoms with E-state index >= 15 is 0 Å². The van der Waals surface area contributed by atoms with Crippen molar-refractivity contribution in [1.82, 2.24) is 10.4 Å². The van der Waals surface area contributed by atoms with Gasteiger partial charge in [0, 0.05) is 18.1 Å². The Morgan fingerprint density at radius 3 is 2.35 bits per heavy atom. The number of hydrogen-bond donors (Lipinski definition) is 2. The molecule has 0 fully saturated rings. The summed E-state index contributed by atoms with van der Waals surface area (Å²) in [5.41, 5.74) is 4.36. The Balaban J connectivity index is 2.74. The van der Waals surface area contributed by atoms with Crippen LogP contribution in [-0.2, 0) is 5.41 Å². The van der Waals surface area contributed by atoms with Crippen LogP contribution >= 0.6 is 0 Å². The molecular weight excluding hydrogens is 345 g/mol. The first-order valence-electron chi connectivity index (χ1n) is 8.08. The second-order valence-electron chi connectivity index (χ2n) is 7.41. The zero-order chi connectivity index (χ0) is 19.9. The quantitative estimate of drug-likeness (QED) is 0.495. The van der Waals surface area contributed by atoms with Gasteiger partial charge in [-0.25, -0.2) is 10.8 Å². The van der Waals surface area contributed by atoms with Crippen LogP contribution < -0.4 is 16.2 Å². The van der Waals surface area contributed by atoms with Gasteiger partial charge in [0.25, 0.3) is 5.91 Å². The lowest BCUT2D eigenvalue weighted by molar-refractivity contribution is -0.119. The van der Waals surface area contributed by atoms with Crippen LogP contribution in [0.3, 0.4) is 0 Å². The molecule has 0 bridgehead atoms. The van der Waals surface area contributed by atoms with Crippen LogP contribution in [0.2, 0.25) is 0 Å². The maximum absolute atomic E-state index is 12.8. The molecule has 8 heteroatoms. The fraction of sp³-hybridized carbons (Fsp3) is 0.444. The largest absolute Gasteiger partial charge is 0.405 e. The summed E-state index contributed by atoms with van der Waals surface area (Å²) in [4.78, 5) is 17.4. The van der Waals surface area contributed by atoms with Gasteiger partial charge in [0.1, 0.15) is 12.2 Å². The van der Waals surface area contributed by atoms with Crippen molar-refractivity contribution in [2.45, 2.75) is 39.3 Å². The van der Waals surface area contributed by atoms with Gasteiger partial charge in [-0.05, 0) is 41.7 Å². The van der Waals surface area contributed by atoms with Crippen molar-refractivity contribution in [2.75, 3.05) is 18.5 Å². The Labute approximate surface area is 150 Å². The number of halogens is 3. The van der Waals surface area contributed by atoms with E-state index in [1.165, 1.54) is 7.05 Å². The molecule has 1 amide bonds. The van der Waals surface area contributed by atoms with Crippen molar-refractivity contribution in [1.29, 1.82) is 0 Å². The minimum Gasteiger partial charge on any atom is -0.366 e. The molecule has 0 saturated carbocycles. The highest BCUT2D eigenvalue weighted by Crippen LogP contribution is 2.35. The number of anilines is 1. The zero-order valence-electron chi connectivity index (χ0n) is 15.5. The van der Waals surface area contributed by atoms with Gasteiger partial charge in [-0.3, -0.25) is 10.2 Å². The molecule has 1 aromatic heterocycles. The first-order chi connectivity index (χ1) is 11.8. The third-order valence-corrected chi connectivity index (χ3v) is 4.13. The smallest absolute Gasteiger partial charge is 0.366 e. The van der Waals surface area contributed by atoms with E-state index in [-0.39, 0.29) is 11.1 Å². The van der Waals surface area contributed by atoms with Crippen molar-refractivity contribution in [3.63, 3.8) is 0 Å². The van der Waals surface area contributed by atoms with Crippen molar-refractivity contribution >= 4 is 22.5 Å². The summed E-state index contributed by atoms with van der Waals surface area (Å²) >= 11 is 0. The Morgan fingerprint density at radius 1 is 1.23 bits per heavy atom. The number of fused-ring (bicyclic) bond motifs is 1. The number of benzene rings is 1. The monoisotopic (exact) mass is 368 g/mol. The molecule has 142 valence electrons. The Bertz CT molecular complexity index is 841. The molecule has 0 atom stereocenters. The number of pyridine rings is 1. The predicted molar refractivity (Wildman–Crippen MR) is 96.2 cm³/mol. The van der Waals surface area contributed by atoms with Crippen LogP contribution in [-0.4, -0.2) is 30.7 Å². The van der Waals surface area contributed by atoms with Gasteiger partial charge in [0.15, 0.2) is 0 Å². The highest BCUT2D eigenvalue weighted by molar-refractivity contribution is 5.97. The van der Waals surface area contributed by atoms with E-state index in [9.17, 15) is 18.0 Å². The number of aryl methyl sites for hydroxylation is 1. The number of alkyl halides is 3. The van der Waals surface area contributed by atoms with Gasteiger partial charge >= 0.3 is 6.18 Å². The molecular formula is C18H23F3N4O. The van der Waals surface area contributed by atoms with Gasteiger partial charge in [-0.2, -0.15) is 13.2 Å². The Hall–Kier alpha value is -2.35. The number of hydrogen-bond acceptors (Lipinski definition) is 4. The van der Waals surface area contributed by atoms with Crippen molar-refractivity contribution in [2.24, 2.45) is 5.84 Å². The number of aromatic nitrogens is 1. The van der Waals surface area contributed by atoms with Crippen molar-refractivity contribution in [3.8, 4) is 0 Å². The van der Waals surface area contributed by atoms with Crippen molar-refractivity contribution < 1.29 is 18.0 Å². The number of carbonyl (C=O) groups is 1. The van der Waals surface area contributed by atoms with Crippen LogP contribution in [0.4, 0.5) is 18.9 Å².